The lowest BCUT2D eigenvalue weighted by Crippen LogP contribution is -2.19. The number of likely N-dealkylation sites (N-methyl/N-ethyl adjacent to an activating group) is 1. The Labute approximate surface area is 155 Å². The molecule has 1 aromatic heterocycles. The van der Waals surface area contributed by atoms with Crippen molar-refractivity contribution in [3.63, 3.8) is 0 Å². The van der Waals surface area contributed by atoms with Gasteiger partial charge < -0.3 is 10.2 Å². The molecule has 0 atom stereocenters. The van der Waals surface area contributed by atoms with Crippen molar-refractivity contribution < 1.29 is 4.79 Å². The van der Waals surface area contributed by atoms with Crippen LogP contribution in [0.3, 0.4) is 0 Å². The smallest absolute Gasteiger partial charge is 0.234 e. The molecule has 2 aromatic carbocycles. The Balaban J connectivity index is 1.39. The van der Waals surface area contributed by atoms with Crippen LogP contribution in [0.1, 0.15) is 12.5 Å². The third-order valence-electron chi connectivity index (χ3n) is 4.34. The number of anilines is 2. The predicted octanol–water partition coefficient (Wildman–Crippen LogP) is 4.41. The van der Waals surface area contributed by atoms with Crippen LogP contribution in [0.15, 0.2) is 46.8 Å². The molecule has 1 aliphatic heterocycles. The fourth-order valence-corrected chi connectivity index (χ4v) is 4.96. The van der Waals surface area contributed by atoms with E-state index in [1.165, 1.54) is 23.0 Å². The molecule has 1 aliphatic rings. The molecule has 128 valence electrons. The average molecular weight is 370 g/mol. The second-order valence-electron chi connectivity index (χ2n) is 5.96. The summed E-state index contributed by atoms with van der Waals surface area (Å²) in [4.78, 5) is 19.2. The minimum atomic E-state index is 0.00486. The standard InChI is InChI=1S/C19H19N3OS2/c1-2-22-10-9-13-7-8-14(11-16(13)22)20-18(23)12-24-19-21-15-5-3-4-6-17(15)25-19/h3-8,11H,2,9-10,12H2,1H3,(H,20,23). The summed E-state index contributed by atoms with van der Waals surface area (Å²) in [7, 11) is 0. The average Bonchev–Trinajstić information content (AvgIpc) is 3.22. The van der Waals surface area contributed by atoms with Gasteiger partial charge in [0.25, 0.3) is 0 Å². The van der Waals surface area contributed by atoms with Crippen LogP contribution in [0.5, 0.6) is 0 Å². The van der Waals surface area contributed by atoms with Crippen LogP contribution < -0.4 is 10.2 Å². The van der Waals surface area contributed by atoms with Crippen molar-refractivity contribution in [2.45, 2.75) is 17.7 Å². The molecule has 1 amide bonds. The van der Waals surface area contributed by atoms with Gasteiger partial charge in [0.05, 0.1) is 16.0 Å². The maximum atomic E-state index is 12.3. The highest BCUT2D eigenvalue weighted by atomic mass is 32.2. The Morgan fingerprint density at radius 2 is 2.20 bits per heavy atom. The third kappa shape index (κ3) is 3.50. The number of thiazole rings is 1. The van der Waals surface area contributed by atoms with Gasteiger partial charge in [-0.05, 0) is 43.2 Å². The number of hydrogen-bond donors (Lipinski definition) is 1. The van der Waals surface area contributed by atoms with E-state index in [0.717, 1.165) is 39.8 Å². The van der Waals surface area contributed by atoms with E-state index in [1.54, 1.807) is 11.3 Å². The van der Waals surface area contributed by atoms with Crippen molar-refractivity contribution in [1.29, 1.82) is 0 Å². The van der Waals surface area contributed by atoms with Gasteiger partial charge in [0.15, 0.2) is 4.34 Å². The van der Waals surface area contributed by atoms with Crippen LogP contribution in [0.2, 0.25) is 0 Å². The molecule has 0 saturated heterocycles. The van der Waals surface area contributed by atoms with Gasteiger partial charge >= 0.3 is 0 Å². The number of nitrogens with one attached hydrogen (secondary N) is 1. The number of fused-ring (bicyclic) bond motifs is 2. The Kier molecular flexibility index (Phi) is 4.63. The van der Waals surface area contributed by atoms with Crippen molar-refractivity contribution in [2.24, 2.45) is 0 Å². The van der Waals surface area contributed by atoms with Gasteiger partial charge in [-0.1, -0.05) is 30.0 Å². The maximum Gasteiger partial charge on any atom is 0.234 e. The van der Waals surface area contributed by atoms with Gasteiger partial charge in [0.2, 0.25) is 5.91 Å². The number of aromatic nitrogens is 1. The Morgan fingerprint density at radius 1 is 1.32 bits per heavy atom. The van der Waals surface area contributed by atoms with Gasteiger partial charge in [-0.25, -0.2) is 4.98 Å². The molecule has 4 rings (SSSR count). The number of carbonyl (C=O) groups is 1. The highest BCUT2D eigenvalue weighted by Crippen LogP contribution is 2.31. The van der Waals surface area contributed by atoms with Crippen molar-refractivity contribution in [3.8, 4) is 0 Å². The Bertz CT molecular complexity index is 889. The summed E-state index contributed by atoms with van der Waals surface area (Å²) in [5.74, 6) is 0.374. The van der Waals surface area contributed by atoms with Gasteiger partial charge in [-0.15, -0.1) is 11.3 Å². The van der Waals surface area contributed by atoms with E-state index in [1.807, 2.05) is 24.3 Å². The van der Waals surface area contributed by atoms with Gasteiger partial charge in [0, 0.05) is 24.5 Å². The number of thioether (sulfide) groups is 1. The molecule has 0 spiro atoms. The van der Waals surface area contributed by atoms with Crippen LogP contribution in [0.25, 0.3) is 10.2 Å². The highest BCUT2D eigenvalue weighted by Gasteiger charge is 2.18. The van der Waals surface area contributed by atoms with E-state index in [4.69, 9.17) is 0 Å². The van der Waals surface area contributed by atoms with Crippen LogP contribution in [0.4, 0.5) is 11.4 Å². The van der Waals surface area contributed by atoms with Crippen molar-refractivity contribution in [2.75, 3.05) is 29.1 Å². The molecule has 0 saturated carbocycles. The molecule has 0 bridgehead atoms. The molecule has 1 N–H and O–H groups in total. The zero-order chi connectivity index (χ0) is 17.2. The van der Waals surface area contributed by atoms with E-state index in [9.17, 15) is 4.79 Å². The molecule has 0 aliphatic carbocycles. The number of nitrogens with zero attached hydrogens (tertiary/aromatic N) is 2. The summed E-state index contributed by atoms with van der Waals surface area (Å²) < 4.78 is 2.09. The number of benzene rings is 2. The van der Waals surface area contributed by atoms with E-state index >= 15 is 0 Å². The number of para-hydroxylation sites is 1. The molecule has 0 fully saturated rings. The molecule has 6 heteroatoms. The lowest BCUT2D eigenvalue weighted by atomic mass is 10.1. The summed E-state index contributed by atoms with van der Waals surface area (Å²) in [6.45, 7) is 4.23. The monoisotopic (exact) mass is 369 g/mol. The van der Waals surface area contributed by atoms with Crippen LogP contribution in [-0.4, -0.2) is 29.7 Å². The van der Waals surface area contributed by atoms with Crippen molar-refractivity contribution in [3.05, 3.63) is 48.0 Å². The quantitative estimate of drug-likeness (QED) is 0.677. The fourth-order valence-electron chi connectivity index (χ4n) is 3.09. The lowest BCUT2D eigenvalue weighted by Gasteiger charge is -2.17. The SMILES string of the molecule is CCN1CCc2ccc(NC(=O)CSc3nc4ccccc4s3)cc21. The van der Waals surface area contributed by atoms with Crippen LogP contribution in [0, 0.1) is 0 Å². The largest absolute Gasteiger partial charge is 0.371 e. The number of amides is 1. The minimum Gasteiger partial charge on any atom is -0.371 e. The summed E-state index contributed by atoms with van der Waals surface area (Å²) in [6.07, 6.45) is 1.09. The molecule has 3 aromatic rings. The lowest BCUT2D eigenvalue weighted by molar-refractivity contribution is -0.113. The third-order valence-corrected chi connectivity index (χ3v) is 6.52. The Hall–Kier alpha value is -2.05. The first kappa shape index (κ1) is 16.4. The molecule has 2 heterocycles. The second kappa shape index (κ2) is 7.06. The number of hydrogen-bond acceptors (Lipinski definition) is 5. The number of carbonyl (C=O) groups excluding carboxylic acids is 1. The normalized spacial score (nSPS) is 13.2. The molecular formula is C19H19N3OS2. The molecule has 0 radical (unpaired) electrons. The zero-order valence-corrected chi connectivity index (χ0v) is 15.6. The highest BCUT2D eigenvalue weighted by molar-refractivity contribution is 8.01. The van der Waals surface area contributed by atoms with Gasteiger partial charge in [0.1, 0.15) is 0 Å². The summed E-state index contributed by atoms with van der Waals surface area (Å²) in [6, 6.07) is 14.3. The second-order valence-corrected chi connectivity index (χ2v) is 8.21. The minimum absolute atomic E-state index is 0.00486. The van der Waals surface area contributed by atoms with Crippen molar-refractivity contribution in [1.82, 2.24) is 4.98 Å². The van der Waals surface area contributed by atoms with Crippen LogP contribution in [-0.2, 0) is 11.2 Å². The maximum absolute atomic E-state index is 12.3. The summed E-state index contributed by atoms with van der Waals surface area (Å²) in [5, 5.41) is 3.01. The first-order valence-corrected chi connectivity index (χ1v) is 10.2. The fraction of sp³-hybridized carbons (Fsp3) is 0.263. The number of rotatable bonds is 5. The van der Waals surface area contributed by atoms with Crippen LogP contribution >= 0.6 is 23.1 Å². The summed E-state index contributed by atoms with van der Waals surface area (Å²) >= 11 is 3.12. The zero-order valence-electron chi connectivity index (χ0n) is 14.0. The van der Waals surface area contributed by atoms with E-state index in [-0.39, 0.29) is 5.91 Å². The van der Waals surface area contributed by atoms with E-state index < -0.39 is 0 Å². The topological polar surface area (TPSA) is 45.2 Å². The van der Waals surface area contributed by atoms with Gasteiger partial charge in [-0.3, -0.25) is 4.79 Å². The van der Waals surface area contributed by atoms with Crippen molar-refractivity contribution >= 4 is 50.6 Å². The molecule has 4 nitrogen and oxygen atoms in total. The predicted molar refractivity (Wildman–Crippen MR) is 107 cm³/mol. The van der Waals surface area contributed by atoms with E-state index in [2.05, 4.69) is 40.3 Å². The molecule has 0 unspecified atom stereocenters. The molecular weight excluding hydrogens is 350 g/mol. The molecule has 25 heavy (non-hydrogen) atoms. The van der Waals surface area contributed by atoms with Gasteiger partial charge in [-0.2, -0.15) is 0 Å². The first-order chi connectivity index (χ1) is 12.2. The van der Waals surface area contributed by atoms with E-state index in [0.29, 0.717) is 5.75 Å². The summed E-state index contributed by atoms with van der Waals surface area (Å²) in [5.41, 5.74) is 4.48. The Morgan fingerprint density at radius 3 is 3.04 bits per heavy atom. The first-order valence-electron chi connectivity index (χ1n) is 8.39.